The van der Waals surface area contributed by atoms with Crippen LogP contribution in [-0.4, -0.2) is 13.0 Å². The van der Waals surface area contributed by atoms with Crippen molar-refractivity contribution < 1.29 is 18.3 Å². The molecule has 0 fully saturated rings. The molecule has 0 atom stereocenters. The summed E-state index contributed by atoms with van der Waals surface area (Å²) in [6.45, 7) is 0. The van der Waals surface area contributed by atoms with Gasteiger partial charge in [0.15, 0.2) is 11.6 Å². The van der Waals surface area contributed by atoms with Gasteiger partial charge in [0, 0.05) is 11.3 Å². The number of carbonyl (C=O) groups excluding carboxylic acids is 1. The van der Waals surface area contributed by atoms with E-state index in [0.29, 0.717) is 5.69 Å². The van der Waals surface area contributed by atoms with E-state index in [-0.39, 0.29) is 17.0 Å². The van der Waals surface area contributed by atoms with E-state index in [1.165, 1.54) is 31.4 Å². The molecule has 6 heteroatoms. The van der Waals surface area contributed by atoms with Gasteiger partial charge in [0.2, 0.25) is 0 Å². The minimum Gasteiger partial charge on any atom is -0.494 e. The zero-order valence-electron chi connectivity index (χ0n) is 10.6. The number of amides is 1. The zero-order valence-corrected chi connectivity index (χ0v) is 10.6. The summed E-state index contributed by atoms with van der Waals surface area (Å²) in [5.41, 5.74) is 5.76. The van der Waals surface area contributed by atoms with Crippen LogP contribution in [0, 0.1) is 11.6 Å². The summed E-state index contributed by atoms with van der Waals surface area (Å²) in [6.07, 6.45) is 0. The van der Waals surface area contributed by atoms with Crippen molar-refractivity contribution in [3.8, 4) is 5.75 Å². The van der Waals surface area contributed by atoms with E-state index in [9.17, 15) is 13.6 Å². The molecule has 4 nitrogen and oxygen atoms in total. The molecule has 104 valence electrons. The molecule has 0 spiro atoms. The van der Waals surface area contributed by atoms with Crippen LogP contribution in [0.5, 0.6) is 5.75 Å². The van der Waals surface area contributed by atoms with Crippen LogP contribution in [0.15, 0.2) is 36.4 Å². The molecule has 1 amide bonds. The third-order valence-corrected chi connectivity index (χ3v) is 2.67. The molecule has 0 radical (unpaired) electrons. The number of hydrogen-bond acceptors (Lipinski definition) is 3. The zero-order chi connectivity index (χ0) is 14.7. The number of nitrogen functional groups attached to an aromatic ring is 1. The van der Waals surface area contributed by atoms with Gasteiger partial charge in [-0.15, -0.1) is 0 Å². The largest absolute Gasteiger partial charge is 0.494 e. The lowest BCUT2D eigenvalue weighted by atomic mass is 10.2. The molecule has 0 heterocycles. The molecule has 0 saturated heterocycles. The second kappa shape index (κ2) is 5.56. The van der Waals surface area contributed by atoms with Crippen molar-refractivity contribution in [1.29, 1.82) is 0 Å². The summed E-state index contributed by atoms with van der Waals surface area (Å²) in [6, 6.07) is 7.62. The van der Waals surface area contributed by atoms with Crippen LogP contribution in [0.2, 0.25) is 0 Å². The fraction of sp³-hybridized carbons (Fsp3) is 0.0714. The molecule has 2 rings (SSSR count). The summed E-state index contributed by atoms with van der Waals surface area (Å²) in [5.74, 6) is -1.69. The van der Waals surface area contributed by atoms with Gasteiger partial charge < -0.3 is 15.8 Å². The van der Waals surface area contributed by atoms with E-state index in [0.717, 1.165) is 12.1 Å². The maximum absolute atomic E-state index is 13.5. The van der Waals surface area contributed by atoms with Gasteiger partial charge in [-0.25, -0.2) is 8.78 Å². The Bertz CT molecular complexity index is 660. The summed E-state index contributed by atoms with van der Waals surface area (Å²) >= 11 is 0. The Morgan fingerprint density at radius 3 is 2.50 bits per heavy atom. The third-order valence-electron chi connectivity index (χ3n) is 2.67. The van der Waals surface area contributed by atoms with Crippen molar-refractivity contribution in [2.45, 2.75) is 0 Å². The average molecular weight is 278 g/mol. The minimum atomic E-state index is -0.640. The summed E-state index contributed by atoms with van der Waals surface area (Å²) < 4.78 is 31.2. The fourth-order valence-electron chi connectivity index (χ4n) is 1.63. The number of methoxy groups -OCH3 is 1. The van der Waals surface area contributed by atoms with Gasteiger partial charge in [-0.05, 0) is 36.4 Å². The third kappa shape index (κ3) is 2.85. The van der Waals surface area contributed by atoms with Crippen molar-refractivity contribution >= 4 is 17.3 Å². The molecule has 3 N–H and O–H groups in total. The number of carbonyl (C=O) groups is 1. The van der Waals surface area contributed by atoms with Gasteiger partial charge in [0.1, 0.15) is 5.82 Å². The SMILES string of the molecule is COc1ccc(C(=O)Nc2ccc(F)c(N)c2)cc1F. The normalized spacial score (nSPS) is 10.2. The lowest BCUT2D eigenvalue weighted by molar-refractivity contribution is 0.102. The van der Waals surface area contributed by atoms with Crippen LogP contribution in [-0.2, 0) is 0 Å². The molecule has 0 bridgehead atoms. The molecular weight excluding hydrogens is 266 g/mol. The molecule has 0 aliphatic heterocycles. The van der Waals surface area contributed by atoms with Gasteiger partial charge in [-0.2, -0.15) is 0 Å². The highest BCUT2D eigenvalue weighted by molar-refractivity contribution is 6.04. The molecule has 20 heavy (non-hydrogen) atoms. The molecule has 0 aliphatic carbocycles. The van der Waals surface area contributed by atoms with Crippen molar-refractivity contribution in [3.05, 3.63) is 53.6 Å². The maximum Gasteiger partial charge on any atom is 0.255 e. The minimum absolute atomic E-state index is 0.0487. The van der Waals surface area contributed by atoms with E-state index >= 15 is 0 Å². The maximum atomic E-state index is 13.5. The Morgan fingerprint density at radius 1 is 1.15 bits per heavy atom. The first-order valence-corrected chi connectivity index (χ1v) is 5.71. The number of ether oxygens (including phenoxy) is 1. The van der Waals surface area contributed by atoms with E-state index in [1.54, 1.807) is 0 Å². The summed E-state index contributed by atoms with van der Waals surface area (Å²) in [4.78, 5) is 11.9. The number of nitrogens with two attached hydrogens (primary N) is 1. The van der Waals surface area contributed by atoms with Gasteiger partial charge in [0.25, 0.3) is 5.91 Å². The number of rotatable bonds is 3. The Kier molecular flexibility index (Phi) is 3.84. The highest BCUT2D eigenvalue weighted by atomic mass is 19.1. The Balaban J connectivity index is 2.19. The summed E-state index contributed by atoms with van der Waals surface area (Å²) in [7, 11) is 1.33. The highest BCUT2D eigenvalue weighted by Crippen LogP contribution is 2.20. The second-order valence-electron chi connectivity index (χ2n) is 4.04. The first-order chi connectivity index (χ1) is 9.51. The standard InChI is InChI=1S/C14H12F2N2O2/c1-20-13-5-2-8(6-11(13)16)14(19)18-9-3-4-10(15)12(17)7-9/h2-7H,17H2,1H3,(H,18,19). The quantitative estimate of drug-likeness (QED) is 0.848. The lowest BCUT2D eigenvalue weighted by Gasteiger charge is -2.08. The van der Waals surface area contributed by atoms with Crippen LogP contribution in [0.1, 0.15) is 10.4 Å². The molecule has 2 aromatic rings. The number of benzene rings is 2. The number of halogens is 2. The van der Waals surface area contributed by atoms with E-state index in [4.69, 9.17) is 10.5 Å². The van der Waals surface area contributed by atoms with E-state index in [2.05, 4.69) is 5.32 Å². The van der Waals surface area contributed by atoms with Crippen LogP contribution in [0.3, 0.4) is 0 Å². The van der Waals surface area contributed by atoms with Crippen molar-refractivity contribution in [2.24, 2.45) is 0 Å². The van der Waals surface area contributed by atoms with Gasteiger partial charge in [0.05, 0.1) is 12.8 Å². The van der Waals surface area contributed by atoms with Gasteiger partial charge in [-0.3, -0.25) is 4.79 Å². The molecule has 0 unspecified atom stereocenters. The molecule has 2 aromatic carbocycles. The number of nitrogens with one attached hydrogen (secondary N) is 1. The first kappa shape index (κ1) is 13.8. The highest BCUT2D eigenvalue weighted by Gasteiger charge is 2.11. The summed E-state index contributed by atoms with van der Waals surface area (Å²) in [5, 5.41) is 2.50. The molecule has 0 saturated carbocycles. The molecular formula is C14H12F2N2O2. The van der Waals surface area contributed by atoms with Crippen LogP contribution >= 0.6 is 0 Å². The lowest BCUT2D eigenvalue weighted by Crippen LogP contribution is -2.12. The van der Waals surface area contributed by atoms with Crippen molar-refractivity contribution in [1.82, 2.24) is 0 Å². The predicted octanol–water partition coefficient (Wildman–Crippen LogP) is 2.81. The smallest absolute Gasteiger partial charge is 0.255 e. The van der Waals surface area contributed by atoms with Crippen molar-refractivity contribution in [3.63, 3.8) is 0 Å². The molecule has 0 aromatic heterocycles. The first-order valence-electron chi connectivity index (χ1n) is 5.71. The topological polar surface area (TPSA) is 64.3 Å². The van der Waals surface area contributed by atoms with Crippen LogP contribution < -0.4 is 15.8 Å². The van der Waals surface area contributed by atoms with Gasteiger partial charge >= 0.3 is 0 Å². The van der Waals surface area contributed by atoms with Crippen LogP contribution in [0.4, 0.5) is 20.2 Å². The Labute approximate surface area is 114 Å². The van der Waals surface area contributed by atoms with Gasteiger partial charge in [-0.1, -0.05) is 0 Å². The number of anilines is 2. The Morgan fingerprint density at radius 2 is 1.90 bits per heavy atom. The Hall–Kier alpha value is -2.63. The average Bonchev–Trinajstić information content (AvgIpc) is 2.42. The monoisotopic (exact) mass is 278 g/mol. The van der Waals surface area contributed by atoms with E-state index in [1.807, 2.05) is 0 Å². The second-order valence-corrected chi connectivity index (χ2v) is 4.04. The molecule has 0 aliphatic rings. The predicted molar refractivity (Wildman–Crippen MR) is 71.7 cm³/mol. The van der Waals surface area contributed by atoms with Crippen molar-refractivity contribution in [2.75, 3.05) is 18.2 Å². The fourth-order valence-corrected chi connectivity index (χ4v) is 1.63. The van der Waals surface area contributed by atoms with Crippen LogP contribution in [0.25, 0.3) is 0 Å². The number of hydrogen-bond donors (Lipinski definition) is 2. The van der Waals surface area contributed by atoms with E-state index < -0.39 is 17.5 Å².